The van der Waals surface area contributed by atoms with E-state index in [9.17, 15) is 0 Å². The van der Waals surface area contributed by atoms with E-state index in [-0.39, 0.29) is 23.8 Å². The third-order valence-corrected chi connectivity index (χ3v) is 2.63. The standard InChI is InChI=1S/C11H23NO3/c1-10(2)5-8(15-7-9(13)14)6-11(3,4)12-10/h8-9,12-14H,5-7H2,1-4H3. The lowest BCUT2D eigenvalue weighted by atomic mass is 9.81. The summed E-state index contributed by atoms with van der Waals surface area (Å²) < 4.78 is 5.48. The summed E-state index contributed by atoms with van der Waals surface area (Å²) in [7, 11) is 0. The van der Waals surface area contributed by atoms with Crippen LogP contribution in [0, 0.1) is 0 Å². The summed E-state index contributed by atoms with van der Waals surface area (Å²) >= 11 is 0. The van der Waals surface area contributed by atoms with Crippen LogP contribution in [0.5, 0.6) is 0 Å². The third-order valence-electron chi connectivity index (χ3n) is 2.63. The second-order valence-electron chi connectivity index (χ2n) is 5.74. The summed E-state index contributed by atoms with van der Waals surface area (Å²) in [6, 6.07) is 0. The lowest BCUT2D eigenvalue weighted by molar-refractivity contribution is -0.126. The first-order valence-electron chi connectivity index (χ1n) is 5.47. The summed E-state index contributed by atoms with van der Waals surface area (Å²) in [4.78, 5) is 0. The Hall–Kier alpha value is -0.160. The van der Waals surface area contributed by atoms with Crippen LogP contribution in [0.1, 0.15) is 40.5 Å². The first kappa shape index (κ1) is 12.9. The van der Waals surface area contributed by atoms with E-state index in [0.29, 0.717) is 0 Å². The molecule has 0 amide bonds. The zero-order valence-corrected chi connectivity index (χ0v) is 10.1. The molecular formula is C11H23NO3. The van der Waals surface area contributed by atoms with Gasteiger partial charge in [-0.05, 0) is 40.5 Å². The fraction of sp³-hybridized carbons (Fsp3) is 1.00. The highest BCUT2D eigenvalue weighted by Gasteiger charge is 2.38. The van der Waals surface area contributed by atoms with Gasteiger partial charge in [-0.1, -0.05) is 0 Å². The molecule has 0 radical (unpaired) electrons. The number of aliphatic hydroxyl groups is 2. The van der Waals surface area contributed by atoms with E-state index in [1.807, 2.05) is 0 Å². The zero-order chi connectivity index (χ0) is 11.7. The molecule has 1 aliphatic rings. The monoisotopic (exact) mass is 217 g/mol. The summed E-state index contributed by atoms with van der Waals surface area (Å²) in [6.45, 7) is 8.55. The zero-order valence-electron chi connectivity index (χ0n) is 10.1. The van der Waals surface area contributed by atoms with Gasteiger partial charge in [-0.25, -0.2) is 0 Å². The second kappa shape index (κ2) is 4.37. The first-order valence-corrected chi connectivity index (χ1v) is 5.47. The number of rotatable bonds is 3. The molecule has 3 N–H and O–H groups in total. The molecule has 0 saturated carbocycles. The SMILES string of the molecule is CC1(C)CC(OCC(O)O)CC(C)(C)N1. The largest absolute Gasteiger partial charge is 0.373 e. The number of ether oxygens (including phenoxy) is 1. The van der Waals surface area contributed by atoms with Gasteiger partial charge in [-0.15, -0.1) is 0 Å². The minimum absolute atomic E-state index is 0.00315. The maximum absolute atomic E-state index is 8.76. The third kappa shape index (κ3) is 4.47. The highest BCUT2D eigenvalue weighted by molar-refractivity contribution is 4.97. The van der Waals surface area contributed by atoms with Crippen LogP contribution in [0.25, 0.3) is 0 Å². The van der Waals surface area contributed by atoms with E-state index in [2.05, 4.69) is 33.0 Å². The lowest BCUT2D eigenvalue weighted by Crippen LogP contribution is -2.59. The molecule has 15 heavy (non-hydrogen) atoms. The Morgan fingerprint density at radius 1 is 1.20 bits per heavy atom. The van der Waals surface area contributed by atoms with Gasteiger partial charge in [0.05, 0.1) is 12.7 Å². The molecule has 0 aromatic heterocycles. The Labute approximate surface area is 91.6 Å². The Kier molecular flexibility index (Phi) is 3.76. The van der Waals surface area contributed by atoms with Crippen LogP contribution in [-0.4, -0.2) is 40.3 Å². The maximum Gasteiger partial charge on any atom is 0.175 e. The van der Waals surface area contributed by atoms with Crippen molar-refractivity contribution in [2.45, 2.75) is 64.0 Å². The number of hydrogen-bond acceptors (Lipinski definition) is 4. The van der Waals surface area contributed by atoms with Crippen LogP contribution >= 0.6 is 0 Å². The van der Waals surface area contributed by atoms with E-state index < -0.39 is 6.29 Å². The van der Waals surface area contributed by atoms with Crippen LogP contribution in [0.3, 0.4) is 0 Å². The van der Waals surface area contributed by atoms with Crippen molar-refractivity contribution in [3.05, 3.63) is 0 Å². The van der Waals surface area contributed by atoms with E-state index in [4.69, 9.17) is 14.9 Å². The highest BCUT2D eigenvalue weighted by Crippen LogP contribution is 2.30. The molecule has 0 unspecified atom stereocenters. The predicted molar refractivity (Wildman–Crippen MR) is 58.5 cm³/mol. The first-order chi connectivity index (χ1) is 6.70. The predicted octanol–water partition coefficient (Wildman–Crippen LogP) is 0.623. The Bertz CT molecular complexity index is 198. The second-order valence-corrected chi connectivity index (χ2v) is 5.74. The summed E-state index contributed by atoms with van der Waals surface area (Å²) in [5.41, 5.74) is 0.0691. The van der Waals surface area contributed by atoms with Crippen molar-refractivity contribution in [1.29, 1.82) is 0 Å². The van der Waals surface area contributed by atoms with Crippen LogP contribution in [-0.2, 0) is 4.74 Å². The van der Waals surface area contributed by atoms with Gasteiger partial charge in [0, 0.05) is 11.1 Å². The lowest BCUT2D eigenvalue weighted by Gasteiger charge is -2.46. The Morgan fingerprint density at radius 3 is 2.07 bits per heavy atom. The van der Waals surface area contributed by atoms with Gasteiger partial charge in [0.15, 0.2) is 6.29 Å². The normalized spacial score (nSPS) is 25.8. The van der Waals surface area contributed by atoms with Gasteiger partial charge in [-0.2, -0.15) is 0 Å². The van der Waals surface area contributed by atoms with Gasteiger partial charge < -0.3 is 20.3 Å². The maximum atomic E-state index is 8.76. The quantitative estimate of drug-likeness (QED) is 0.607. The summed E-state index contributed by atoms with van der Waals surface area (Å²) in [5.74, 6) is 0. The van der Waals surface area contributed by atoms with Crippen molar-refractivity contribution in [1.82, 2.24) is 5.32 Å². The van der Waals surface area contributed by atoms with Crippen LogP contribution in [0.4, 0.5) is 0 Å². The Balaban J connectivity index is 2.52. The van der Waals surface area contributed by atoms with Crippen LogP contribution in [0.2, 0.25) is 0 Å². The van der Waals surface area contributed by atoms with Crippen molar-refractivity contribution in [3.63, 3.8) is 0 Å². The average molecular weight is 217 g/mol. The number of piperidine rings is 1. The molecule has 4 nitrogen and oxygen atoms in total. The molecular weight excluding hydrogens is 194 g/mol. The Morgan fingerprint density at radius 2 is 1.67 bits per heavy atom. The van der Waals surface area contributed by atoms with Gasteiger partial charge >= 0.3 is 0 Å². The minimum atomic E-state index is -1.37. The molecule has 0 bridgehead atoms. The minimum Gasteiger partial charge on any atom is -0.373 e. The van der Waals surface area contributed by atoms with Crippen LogP contribution in [0.15, 0.2) is 0 Å². The van der Waals surface area contributed by atoms with Crippen molar-refractivity contribution < 1.29 is 14.9 Å². The average Bonchev–Trinajstić information content (AvgIpc) is 1.94. The van der Waals surface area contributed by atoms with Crippen molar-refractivity contribution in [2.75, 3.05) is 6.61 Å². The highest BCUT2D eigenvalue weighted by atomic mass is 16.5. The molecule has 0 spiro atoms. The number of hydrogen-bond donors (Lipinski definition) is 3. The van der Waals surface area contributed by atoms with E-state index >= 15 is 0 Å². The van der Waals surface area contributed by atoms with Crippen molar-refractivity contribution in [2.24, 2.45) is 0 Å². The fourth-order valence-electron chi connectivity index (χ4n) is 2.57. The van der Waals surface area contributed by atoms with Gasteiger partial charge in [-0.3, -0.25) is 0 Å². The molecule has 0 atom stereocenters. The van der Waals surface area contributed by atoms with Crippen molar-refractivity contribution >= 4 is 0 Å². The molecule has 90 valence electrons. The number of nitrogens with one attached hydrogen (secondary N) is 1. The van der Waals surface area contributed by atoms with E-state index in [1.54, 1.807) is 0 Å². The molecule has 0 aromatic rings. The molecule has 1 rings (SSSR count). The van der Waals surface area contributed by atoms with Crippen molar-refractivity contribution in [3.8, 4) is 0 Å². The molecule has 1 saturated heterocycles. The molecule has 0 aromatic carbocycles. The molecule has 1 aliphatic heterocycles. The number of aliphatic hydroxyl groups excluding tert-OH is 1. The molecule has 0 aliphatic carbocycles. The summed E-state index contributed by atoms with van der Waals surface area (Å²) in [5, 5.41) is 21.1. The summed E-state index contributed by atoms with van der Waals surface area (Å²) in [6.07, 6.45) is 0.510. The van der Waals surface area contributed by atoms with Crippen LogP contribution < -0.4 is 5.32 Å². The van der Waals surface area contributed by atoms with Gasteiger partial charge in [0.25, 0.3) is 0 Å². The molecule has 1 heterocycles. The molecule has 4 heteroatoms. The van der Waals surface area contributed by atoms with E-state index in [0.717, 1.165) is 12.8 Å². The van der Waals surface area contributed by atoms with E-state index in [1.165, 1.54) is 0 Å². The van der Waals surface area contributed by atoms with Gasteiger partial charge in [0.2, 0.25) is 0 Å². The smallest absolute Gasteiger partial charge is 0.175 e. The topological polar surface area (TPSA) is 61.7 Å². The molecule has 1 fully saturated rings. The fourth-order valence-corrected chi connectivity index (χ4v) is 2.57. The van der Waals surface area contributed by atoms with Gasteiger partial charge in [0.1, 0.15) is 0 Å².